The van der Waals surface area contributed by atoms with Crippen LogP contribution in [-0.2, 0) is 9.59 Å². The Morgan fingerprint density at radius 2 is 1.89 bits per heavy atom. The molecule has 0 bridgehead atoms. The van der Waals surface area contributed by atoms with Gasteiger partial charge in [0.15, 0.2) is 0 Å². The van der Waals surface area contributed by atoms with Crippen LogP contribution in [0.2, 0.25) is 0 Å². The summed E-state index contributed by atoms with van der Waals surface area (Å²) in [7, 11) is 0. The number of amides is 2. The lowest BCUT2D eigenvalue weighted by atomic mass is 9.90. The van der Waals surface area contributed by atoms with E-state index >= 15 is 0 Å². The van der Waals surface area contributed by atoms with Gasteiger partial charge in [-0.3, -0.25) is 14.7 Å². The van der Waals surface area contributed by atoms with Crippen molar-refractivity contribution in [1.29, 1.82) is 0 Å². The lowest BCUT2D eigenvalue weighted by molar-refractivity contribution is -0.143. The van der Waals surface area contributed by atoms with Crippen LogP contribution >= 0.6 is 0 Å². The third-order valence-corrected chi connectivity index (χ3v) is 5.84. The van der Waals surface area contributed by atoms with Crippen molar-refractivity contribution in [2.45, 2.75) is 44.6 Å². The Balaban J connectivity index is 1.52. The summed E-state index contributed by atoms with van der Waals surface area (Å²) in [5.41, 5.74) is 3.36. The molecule has 142 valence electrons. The van der Waals surface area contributed by atoms with Crippen molar-refractivity contribution in [3.63, 3.8) is 0 Å². The number of piperidine rings is 1. The molecular formula is C21H26N4O2. The molecule has 4 rings (SSSR count). The molecule has 2 atom stereocenters. The summed E-state index contributed by atoms with van der Waals surface area (Å²) in [5, 5.41) is 7.45. The number of nitrogens with zero attached hydrogens (tertiary/aromatic N) is 3. The zero-order valence-corrected chi connectivity index (χ0v) is 15.7. The van der Waals surface area contributed by atoms with Crippen LogP contribution in [-0.4, -0.2) is 57.5 Å². The smallest absolute Gasteiger partial charge is 0.245 e. The normalized spacial score (nSPS) is 22.9. The maximum atomic E-state index is 13.1. The minimum atomic E-state index is -0.281. The Kier molecular flexibility index (Phi) is 4.97. The molecule has 2 amide bonds. The van der Waals surface area contributed by atoms with Gasteiger partial charge in [-0.05, 0) is 31.2 Å². The molecule has 27 heavy (non-hydrogen) atoms. The summed E-state index contributed by atoms with van der Waals surface area (Å²) < 4.78 is 0. The number of rotatable bonds is 3. The Hall–Kier alpha value is -2.63. The summed E-state index contributed by atoms with van der Waals surface area (Å²) in [6.45, 7) is 3.71. The largest absolute Gasteiger partial charge is 0.340 e. The molecule has 1 N–H and O–H groups in total. The lowest BCUT2D eigenvalue weighted by Gasteiger charge is -2.36. The third-order valence-electron chi connectivity index (χ3n) is 5.84. The molecular weight excluding hydrogens is 340 g/mol. The number of H-pyrrole nitrogens is 1. The number of aromatic nitrogens is 2. The van der Waals surface area contributed by atoms with Gasteiger partial charge in [0.05, 0.1) is 6.20 Å². The molecule has 2 fully saturated rings. The van der Waals surface area contributed by atoms with Gasteiger partial charge in [-0.1, -0.05) is 30.3 Å². The van der Waals surface area contributed by atoms with Gasteiger partial charge >= 0.3 is 0 Å². The highest BCUT2D eigenvalue weighted by Crippen LogP contribution is 2.33. The SMILES string of the molecule is CC(=O)N1CCC[C@H]1C(=O)N1CCC[C@H](c2[nH]ncc2-c2ccccc2)C1. The maximum Gasteiger partial charge on any atom is 0.245 e. The van der Waals surface area contributed by atoms with E-state index in [2.05, 4.69) is 22.3 Å². The minimum absolute atomic E-state index is 0.000610. The molecule has 6 nitrogen and oxygen atoms in total. The summed E-state index contributed by atoms with van der Waals surface area (Å²) in [6, 6.07) is 9.95. The highest BCUT2D eigenvalue weighted by atomic mass is 16.2. The Bertz CT molecular complexity index is 817. The second-order valence-corrected chi connectivity index (χ2v) is 7.56. The van der Waals surface area contributed by atoms with Crippen molar-refractivity contribution in [2.75, 3.05) is 19.6 Å². The number of hydrogen-bond donors (Lipinski definition) is 1. The highest BCUT2D eigenvalue weighted by molar-refractivity contribution is 5.87. The Labute approximate surface area is 159 Å². The minimum Gasteiger partial charge on any atom is -0.340 e. The number of aromatic amines is 1. The fraction of sp³-hybridized carbons (Fsp3) is 0.476. The molecule has 0 unspecified atom stereocenters. The summed E-state index contributed by atoms with van der Waals surface area (Å²) >= 11 is 0. The standard InChI is InChI=1S/C21H26N4O2/c1-15(26)25-12-6-10-19(25)21(27)24-11-5-9-17(14-24)20-18(13-22-23-20)16-7-3-2-4-8-16/h2-4,7-8,13,17,19H,5-6,9-12,14H2,1H3,(H,22,23)/t17-,19-/m0/s1. The quantitative estimate of drug-likeness (QED) is 0.908. The van der Waals surface area contributed by atoms with Gasteiger partial charge in [0, 0.05) is 43.7 Å². The van der Waals surface area contributed by atoms with Gasteiger partial charge < -0.3 is 9.80 Å². The summed E-state index contributed by atoms with van der Waals surface area (Å²) in [6.07, 6.45) is 5.56. The average molecular weight is 366 g/mol. The van der Waals surface area contributed by atoms with Crippen LogP contribution in [0.3, 0.4) is 0 Å². The van der Waals surface area contributed by atoms with E-state index in [4.69, 9.17) is 0 Å². The fourth-order valence-electron chi connectivity index (χ4n) is 4.48. The van der Waals surface area contributed by atoms with Crippen molar-refractivity contribution >= 4 is 11.8 Å². The van der Waals surface area contributed by atoms with Crippen molar-refractivity contribution in [1.82, 2.24) is 20.0 Å². The number of hydrogen-bond acceptors (Lipinski definition) is 3. The first-order chi connectivity index (χ1) is 13.1. The van der Waals surface area contributed by atoms with E-state index in [9.17, 15) is 9.59 Å². The van der Waals surface area contributed by atoms with Gasteiger partial charge in [-0.15, -0.1) is 0 Å². The number of benzene rings is 1. The lowest BCUT2D eigenvalue weighted by Crippen LogP contribution is -2.49. The van der Waals surface area contributed by atoms with Crippen LogP contribution in [0.25, 0.3) is 11.1 Å². The number of carbonyl (C=O) groups excluding carboxylic acids is 2. The fourth-order valence-corrected chi connectivity index (χ4v) is 4.48. The van der Waals surface area contributed by atoms with Gasteiger partial charge in [0.2, 0.25) is 11.8 Å². The van der Waals surface area contributed by atoms with Crippen molar-refractivity contribution < 1.29 is 9.59 Å². The molecule has 0 radical (unpaired) electrons. The highest BCUT2D eigenvalue weighted by Gasteiger charge is 2.37. The summed E-state index contributed by atoms with van der Waals surface area (Å²) in [5.74, 6) is 0.347. The monoisotopic (exact) mass is 366 g/mol. The first kappa shape index (κ1) is 17.8. The molecule has 2 aliphatic heterocycles. The molecule has 3 heterocycles. The predicted octanol–water partition coefficient (Wildman–Crippen LogP) is 2.79. The zero-order valence-electron chi connectivity index (χ0n) is 15.7. The molecule has 1 aromatic carbocycles. The number of carbonyl (C=O) groups is 2. The molecule has 2 saturated heterocycles. The van der Waals surface area contributed by atoms with Gasteiger partial charge in [0.1, 0.15) is 6.04 Å². The second-order valence-electron chi connectivity index (χ2n) is 7.56. The predicted molar refractivity (Wildman–Crippen MR) is 103 cm³/mol. The van der Waals surface area contributed by atoms with Crippen molar-refractivity contribution in [3.8, 4) is 11.1 Å². The van der Waals surface area contributed by atoms with Gasteiger partial charge in [0.25, 0.3) is 0 Å². The third kappa shape index (κ3) is 3.48. The molecule has 0 spiro atoms. The maximum absolute atomic E-state index is 13.1. The van der Waals surface area contributed by atoms with Crippen LogP contribution < -0.4 is 0 Å². The van der Waals surface area contributed by atoms with Crippen LogP contribution in [0.15, 0.2) is 36.5 Å². The molecule has 2 aliphatic rings. The van der Waals surface area contributed by atoms with Crippen LogP contribution in [0.1, 0.15) is 44.2 Å². The molecule has 0 saturated carbocycles. The van der Waals surface area contributed by atoms with Gasteiger partial charge in [-0.25, -0.2) is 0 Å². The molecule has 0 aliphatic carbocycles. The van der Waals surface area contributed by atoms with Crippen molar-refractivity contribution in [2.24, 2.45) is 0 Å². The second kappa shape index (κ2) is 7.55. The van der Waals surface area contributed by atoms with E-state index in [0.717, 1.165) is 49.0 Å². The van der Waals surface area contributed by atoms with Gasteiger partial charge in [-0.2, -0.15) is 5.10 Å². The van der Waals surface area contributed by atoms with E-state index in [1.165, 1.54) is 0 Å². The van der Waals surface area contributed by atoms with Crippen LogP contribution in [0.5, 0.6) is 0 Å². The van der Waals surface area contributed by atoms with E-state index < -0.39 is 0 Å². The Morgan fingerprint density at radius 3 is 2.67 bits per heavy atom. The van der Waals surface area contributed by atoms with Crippen LogP contribution in [0, 0.1) is 0 Å². The Morgan fingerprint density at radius 1 is 1.11 bits per heavy atom. The molecule has 6 heteroatoms. The zero-order chi connectivity index (χ0) is 18.8. The van der Waals surface area contributed by atoms with Crippen LogP contribution in [0.4, 0.5) is 0 Å². The number of nitrogens with one attached hydrogen (secondary N) is 1. The first-order valence-electron chi connectivity index (χ1n) is 9.80. The van der Waals surface area contributed by atoms with Crippen molar-refractivity contribution in [3.05, 3.63) is 42.2 Å². The average Bonchev–Trinajstić information content (AvgIpc) is 3.38. The summed E-state index contributed by atoms with van der Waals surface area (Å²) in [4.78, 5) is 28.6. The van der Waals surface area contributed by atoms with E-state index in [-0.39, 0.29) is 23.8 Å². The molecule has 2 aromatic rings. The van der Waals surface area contributed by atoms with E-state index in [0.29, 0.717) is 13.1 Å². The first-order valence-corrected chi connectivity index (χ1v) is 9.80. The number of likely N-dealkylation sites (tertiary alicyclic amines) is 2. The van der Waals surface area contributed by atoms with E-state index in [1.54, 1.807) is 11.8 Å². The topological polar surface area (TPSA) is 69.3 Å². The van der Waals surface area contributed by atoms with E-state index in [1.807, 2.05) is 29.3 Å². The molecule has 1 aromatic heterocycles.